The molecule has 2 N–H and O–H groups in total. The molecule has 0 spiro atoms. The van der Waals surface area contributed by atoms with Crippen molar-refractivity contribution >= 4 is 26.4 Å². The van der Waals surface area contributed by atoms with E-state index in [4.69, 9.17) is 5.73 Å². The van der Waals surface area contributed by atoms with Gasteiger partial charge in [-0.1, -0.05) is 6.07 Å². The van der Waals surface area contributed by atoms with E-state index < -0.39 is 9.84 Å². The van der Waals surface area contributed by atoms with Crippen LogP contribution in [0.15, 0.2) is 24.3 Å². The number of fused-ring (bicyclic) bond motifs is 1. The molecule has 5 heteroatoms. The van der Waals surface area contributed by atoms with E-state index in [0.717, 1.165) is 16.6 Å². The number of anilines is 1. The molecule has 0 bridgehead atoms. The van der Waals surface area contributed by atoms with Gasteiger partial charge in [-0.05, 0) is 32.0 Å². The Bertz CT molecular complexity index is 684. The normalized spacial score (nSPS) is 12.4. The molecule has 1 heterocycles. The van der Waals surface area contributed by atoms with E-state index in [1.807, 2.05) is 42.7 Å². The molecule has 1 aromatic heterocycles. The summed E-state index contributed by atoms with van der Waals surface area (Å²) in [6, 6.07) is 7.77. The minimum Gasteiger partial charge on any atom is -0.398 e. The molecule has 0 fully saturated rings. The lowest BCUT2D eigenvalue weighted by atomic mass is 10.2. The van der Waals surface area contributed by atoms with E-state index in [9.17, 15) is 8.42 Å². The fraction of sp³-hybridized carbons (Fsp3) is 0.385. The molecule has 0 saturated carbocycles. The first-order chi connectivity index (χ1) is 8.29. The van der Waals surface area contributed by atoms with Crippen molar-refractivity contribution < 1.29 is 8.42 Å². The monoisotopic (exact) mass is 266 g/mol. The third-order valence-electron chi connectivity index (χ3n) is 2.92. The zero-order valence-electron chi connectivity index (χ0n) is 10.8. The third-order valence-corrected chi connectivity index (χ3v) is 3.74. The van der Waals surface area contributed by atoms with Crippen molar-refractivity contribution in [3.05, 3.63) is 30.0 Å². The van der Waals surface area contributed by atoms with E-state index in [2.05, 4.69) is 0 Å². The number of nitrogens with zero attached hydrogens (tertiary/aromatic N) is 1. The lowest BCUT2D eigenvalue weighted by molar-refractivity contribution is 0.585. The van der Waals surface area contributed by atoms with Crippen LogP contribution in [0, 0.1) is 0 Å². The zero-order valence-corrected chi connectivity index (χ0v) is 11.7. The second-order valence-corrected chi connectivity index (χ2v) is 7.09. The number of nitrogen functional groups attached to an aromatic ring is 1. The van der Waals surface area contributed by atoms with Crippen LogP contribution in [0.25, 0.3) is 10.9 Å². The SMILES string of the molecule is CC(C)n1c(CS(C)(=O)=O)cc2c(N)cccc21. The molecular formula is C13H18N2O2S. The summed E-state index contributed by atoms with van der Waals surface area (Å²) < 4.78 is 25.0. The van der Waals surface area contributed by atoms with E-state index in [0.29, 0.717) is 5.69 Å². The van der Waals surface area contributed by atoms with Crippen LogP contribution in [-0.2, 0) is 15.6 Å². The summed E-state index contributed by atoms with van der Waals surface area (Å²) in [4.78, 5) is 0. The van der Waals surface area contributed by atoms with Crippen molar-refractivity contribution in [2.24, 2.45) is 0 Å². The highest BCUT2D eigenvalue weighted by Gasteiger charge is 2.16. The first-order valence-corrected chi connectivity index (χ1v) is 7.91. The fourth-order valence-corrected chi connectivity index (χ4v) is 3.08. The van der Waals surface area contributed by atoms with Gasteiger partial charge in [0.1, 0.15) is 0 Å². The molecule has 4 nitrogen and oxygen atoms in total. The molecule has 0 amide bonds. The predicted octanol–water partition coefficient (Wildman–Crippen LogP) is 2.35. The summed E-state index contributed by atoms with van der Waals surface area (Å²) in [5, 5.41) is 0.921. The minimum absolute atomic E-state index is 0.0410. The van der Waals surface area contributed by atoms with Gasteiger partial charge in [-0.2, -0.15) is 0 Å². The van der Waals surface area contributed by atoms with E-state index in [-0.39, 0.29) is 11.8 Å². The Balaban J connectivity index is 2.73. The number of rotatable bonds is 3. The summed E-state index contributed by atoms with van der Waals surface area (Å²) in [5.74, 6) is 0.0410. The quantitative estimate of drug-likeness (QED) is 0.867. The van der Waals surface area contributed by atoms with Crippen molar-refractivity contribution in [3.8, 4) is 0 Å². The van der Waals surface area contributed by atoms with Gasteiger partial charge >= 0.3 is 0 Å². The van der Waals surface area contributed by atoms with Crippen LogP contribution >= 0.6 is 0 Å². The van der Waals surface area contributed by atoms with Crippen LogP contribution < -0.4 is 5.73 Å². The Morgan fingerprint density at radius 1 is 1.33 bits per heavy atom. The molecule has 2 rings (SSSR count). The molecule has 0 aliphatic rings. The van der Waals surface area contributed by atoms with Crippen LogP contribution in [0.4, 0.5) is 5.69 Å². The number of hydrogen-bond donors (Lipinski definition) is 1. The van der Waals surface area contributed by atoms with E-state index in [1.165, 1.54) is 6.26 Å². The topological polar surface area (TPSA) is 65.1 Å². The molecule has 0 aliphatic carbocycles. The Labute approximate surface area is 107 Å². The highest BCUT2D eigenvalue weighted by Crippen LogP contribution is 2.29. The Hall–Kier alpha value is -1.49. The number of aromatic nitrogens is 1. The van der Waals surface area contributed by atoms with Gasteiger partial charge in [0.2, 0.25) is 0 Å². The van der Waals surface area contributed by atoms with Gasteiger partial charge in [0.05, 0.1) is 11.3 Å². The average molecular weight is 266 g/mol. The number of sulfone groups is 1. The number of nitrogens with two attached hydrogens (primary N) is 1. The Morgan fingerprint density at radius 3 is 2.56 bits per heavy atom. The Kier molecular flexibility index (Phi) is 3.11. The van der Waals surface area contributed by atoms with Crippen molar-refractivity contribution in [3.63, 3.8) is 0 Å². The van der Waals surface area contributed by atoms with Crippen molar-refractivity contribution in [1.29, 1.82) is 0 Å². The van der Waals surface area contributed by atoms with Gasteiger partial charge in [0.25, 0.3) is 0 Å². The Morgan fingerprint density at radius 2 is 2.00 bits per heavy atom. The molecule has 0 saturated heterocycles. The van der Waals surface area contributed by atoms with Gasteiger partial charge in [0.15, 0.2) is 9.84 Å². The first kappa shape index (κ1) is 13.0. The lowest BCUT2D eigenvalue weighted by Crippen LogP contribution is -2.09. The van der Waals surface area contributed by atoms with Crippen LogP contribution in [-0.4, -0.2) is 19.2 Å². The maximum atomic E-state index is 11.5. The molecule has 0 radical (unpaired) electrons. The van der Waals surface area contributed by atoms with Crippen LogP contribution in [0.5, 0.6) is 0 Å². The van der Waals surface area contributed by atoms with Gasteiger partial charge < -0.3 is 10.3 Å². The molecule has 0 aliphatic heterocycles. The average Bonchev–Trinajstić information content (AvgIpc) is 2.54. The first-order valence-electron chi connectivity index (χ1n) is 5.85. The lowest BCUT2D eigenvalue weighted by Gasteiger charge is -2.14. The van der Waals surface area contributed by atoms with Gasteiger partial charge in [-0.25, -0.2) is 8.42 Å². The molecule has 98 valence electrons. The summed E-state index contributed by atoms with van der Waals surface area (Å²) in [5.41, 5.74) is 8.40. The summed E-state index contributed by atoms with van der Waals surface area (Å²) >= 11 is 0. The van der Waals surface area contributed by atoms with Crippen molar-refractivity contribution in [2.45, 2.75) is 25.6 Å². The minimum atomic E-state index is -3.06. The van der Waals surface area contributed by atoms with E-state index in [1.54, 1.807) is 0 Å². The largest absolute Gasteiger partial charge is 0.398 e. The van der Waals surface area contributed by atoms with Gasteiger partial charge in [-0.3, -0.25) is 0 Å². The molecular weight excluding hydrogens is 248 g/mol. The molecule has 0 atom stereocenters. The van der Waals surface area contributed by atoms with E-state index >= 15 is 0 Å². The molecule has 0 unspecified atom stereocenters. The predicted molar refractivity (Wildman–Crippen MR) is 75.3 cm³/mol. The number of benzene rings is 1. The maximum absolute atomic E-state index is 11.5. The van der Waals surface area contributed by atoms with Crippen molar-refractivity contribution in [1.82, 2.24) is 4.57 Å². The zero-order chi connectivity index (χ0) is 13.5. The van der Waals surface area contributed by atoms with Crippen LogP contribution in [0.2, 0.25) is 0 Å². The second kappa shape index (κ2) is 4.31. The smallest absolute Gasteiger partial charge is 0.153 e. The summed E-state index contributed by atoms with van der Waals surface area (Å²) in [6.07, 6.45) is 1.25. The standard InChI is InChI=1S/C13H18N2O2S/c1-9(2)15-10(8-18(3,16)17)7-11-12(14)5-4-6-13(11)15/h4-7,9H,8,14H2,1-3H3. The molecule has 18 heavy (non-hydrogen) atoms. The van der Waals surface area contributed by atoms with Gasteiger partial charge in [-0.15, -0.1) is 0 Å². The van der Waals surface area contributed by atoms with Gasteiger partial charge in [0, 0.05) is 29.1 Å². The maximum Gasteiger partial charge on any atom is 0.153 e. The highest BCUT2D eigenvalue weighted by atomic mass is 32.2. The highest BCUT2D eigenvalue weighted by molar-refractivity contribution is 7.89. The van der Waals surface area contributed by atoms with Crippen LogP contribution in [0.3, 0.4) is 0 Å². The molecule has 1 aromatic carbocycles. The fourth-order valence-electron chi connectivity index (χ4n) is 2.32. The third kappa shape index (κ3) is 2.36. The van der Waals surface area contributed by atoms with Crippen LogP contribution in [0.1, 0.15) is 25.6 Å². The summed E-state index contributed by atoms with van der Waals surface area (Å²) in [7, 11) is -3.06. The number of hydrogen-bond acceptors (Lipinski definition) is 3. The van der Waals surface area contributed by atoms with Crippen molar-refractivity contribution in [2.75, 3.05) is 12.0 Å². The summed E-state index contributed by atoms with van der Waals surface area (Å²) in [6.45, 7) is 4.07. The molecule has 2 aromatic rings. The second-order valence-electron chi connectivity index (χ2n) is 4.95.